The molecule has 4 heteroatoms. The van der Waals surface area contributed by atoms with Crippen molar-refractivity contribution >= 4 is 0 Å². The van der Waals surface area contributed by atoms with Gasteiger partial charge in [-0.3, -0.25) is 0 Å². The van der Waals surface area contributed by atoms with Crippen molar-refractivity contribution in [2.45, 2.75) is 12.5 Å². The average molecular weight is 187 g/mol. The van der Waals surface area contributed by atoms with Crippen LogP contribution in [0.5, 0.6) is 0 Å². The molecule has 2 nitrogen and oxygen atoms in total. The minimum absolute atomic E-state index is 0.0897. The van der Waals surface area contributed by atoms with Gasteiger partial charge < -0.3 is 10.8 Å². The van der Waals surface area contributed by atoms with Crippen molar-refractivity contribution in [2.75, 3.05) is 6.54 Å². The van der Waals surface area contributed by atoms with Gasteiger partial charge in [0.2, 0.25) is 0 Å². The summed E-state index contributed by atoms with van der Waals surface area (Å²) >= 11 is 0. The van der Waals surface area contributed by atoms with E-state index in [0.717, 1.165) is 12.1 Å². The summed E-state index contributed by atoms with van der Waals surface area (Å²) in [5.74, 6) is -1.39. The monoisotopic (exact) mass is 187 g/mol. The molecule has 0 bridgehead atoms. The van der Waals surface area contributed by atoms with Crippen molar-refractivity contribution < 1.29 is 13.9 Å². The average Bonchev–Trinajstić information content (AvgIpc) is 2.04. The van der Waals surface area contributed by atoms with Crippen LogP contribution in [0.2, 0.25) is 0 Å². The Labute approximate surface area is 75.0 Å². The van der Waals surface area contributed by atoms with Crippen LogP contribution < -0.4 is 5.73 Å². The third-order valence-electron chi connectivity index (χ3n) is 1.76. The zero-order valence-corrected chi connectivity index (χ0v) is 7.00. The lowest BCUT2D eigenvalue weighted by atomic mass is 10.1. The molecular formula is C9H11F2NO. The van der Waals surface area contributed by atoms with Gasteiger partial charge in [0.15, 0.2) is 0 Å². The molecule has 0 spiro atoms. The standard InChI is InChI=1S/C9H11F2NO/c10-6-1-2-7(8(11)5-6)9(13)3-4-12/h1-2,5,9,13H,3-4,12H2. The third-order valence-corrected chi connectivity index (χ3v) is 1.76. The first kappa shape index (κ1) is 10.1. The van der Waals surface area contributed by atoms with Crippen LogP contribution in [0.3, 0.4) is 0 Å². The molecule has 1 aromatic rings. The summed E-state index contributed by atoms with van der Waals surface area (Å²) in [7, 11) is 0. The van der Waals surface area contributed by atoms with E-state index in [2.05, 4.69) is 0 Å². The van der Waals surface area contributed by atoms with Crippen molar-refractivity contribution in [1.29, 1.82) is 0 Å². The first-order chi connectivity index (χ1) is 6.15. The largest absolute Gasteiger partial charge is 0.388 e. The predicted molar refractivity (Wildman–Crippen MR) is 45.0 cm³/mol. The van der Waals surface area contributed by atoms with Gasteiger partial charge in [0.05, 0.1) is 6.10 Å². The molecule has 0 aromatic heterocycles. The molecule has 0 amide bonds. The van der Waals surface area contributed by atoms with E-state index in [4.69, 9.17) is 5.73 Å². The number of benzene rings is 1. The van der Waals surface area contributed by atoms with Gasteiger partial charge in [-0.15, -0.1) is 0 Å². The highest BCUT2D eigenvalue weighted by Gasteiger charge is 2.11. The lowest BCUT2D eigenvalue weighted by molar-refractivity contribution is 0.165. The van der Waals surface area contributed by atoms with Crippen molar-refractivity contribution in [3.63, 3.8) is 0 Å². The van der Waals surface area contributed by atoms with Gasteiger partial charge in [0.1, 0.15) is 11.6 Å². The van der Waals surface area contributed by atoms with Gasteiger partial charge >= 0.3 is 0 Å². The maximum absolute atomic E-state index is 13.0. The van der Waals surface area contributed by atoms with Gasteiger partial charge in [-0.25, -0.2) is 8.78 Å². The highest BCUT2D eigenvalue weighted by atomic mass is 19.1. The first-order valence-electron chi connectivity index (χ1n) is 3.98. The first-order valence-corrected chi connectivity index (χ1v) is 3.98. The lowest BCUT2D eigenvalue weighted by Gasteiger charge is -2.09. The number of hydrogen-bond donors (Lipinski definition) is 2. The van der Waals surface area contributed by atoms with Gasteiger partial charge in [-0.05, 0) is 19.0 Å². The Balaban J connectivity index is 2.88. The van der Waals surface area contributed by atoms with E-state index in [9.17, 15) is 13.9 Å². The van der Waals surface area contributed by atoms with Gasteiger partial charge in [-0.2, -0.15) is 0 Å². The minimum atomic E-state index is -0.953. The minimum Gasteiger partial charge on any atom is -0.388 e. The van der Waals surface area contributed by atoms with Crippen LogP contribution >= 0.6 is 0 Å². The third kappa shape index (κ3) is 2.47. The Morgan fingerprint density at radius 2 is 2.08 bits per heavy atom. The summed E-state index contributed by atoms with van der Waals surface area (Å²) in [6.07, 6.45) is -0.687. The van der Waals surface area contributed by atoms with Crippen LogP contribution in [-0.4, -0.2) is 11.7 Å². The Bertz CT molecular complexity index is 291. The molecule has 3 N–H and O–H groups in total. The molecule has 0 fully saturated rings. The normalized spacial score (nSPS) is 12.9. The maximum Gasteiger partial charge on any atom is 0.131 e. The molecule has 0 aliphatic rings. The zero-order chi connectivity index (χ0) is 9.84. The van der Waals surface area contributed by atoms with Crippen LogP contribution in [0.15, 0.2) is 18.2 Å². The fourth-order valence-corrected chi connectivity index (χ4v) is 1.09. The molecule has 1 atom stereocenters. The van der Waals surface area contributed by atoms with E-state index in [0.29, 0.717) is 0 Å². The van der Waals surface area contributed by atoms with Crippen LogP contribution in [0.4, 0.5) is 8.78 Å². The van der Waals surface area contributed by atoms with Crippen molar-refractivity contribution in [2.24, 2.45) is 5.73 Å². The van der Waals surface area contributed by atoms with Crippen molar-refractivity contribution in [3.8, 4) is 0 Å². The second-order valence-electron chi connectivity index (χ2n) is 2.76. The molecule has 0 aliphatic heterocycles. The van der Waals surface area contributed by atoms with E-state index < -0.39 is 17.7 Å². The summed E-state index contributed by atoms with van der Waals surface area (Å²) in [6, 6.07) is 3.08. The molecule has 0 saturated carbocycles. The summed E-state index contributed by atoms with van der Waals surface area (Å²) in [6.45, 7) is 0.262. The number of aliphatic hydroxyl groups is 1. The maximum atomic E-state index is 13.0. The van der Waals surface area contributed by atoms with E-state index in [-0.39, 0.29) is 18.5 Å². The highest BCUT2D eigenvalue weighted by molar-refractivity contribution is 5.20. The number of nitrogens with two attached hydrogens (primary N) is 1. The number of hydrogen-bond acceptors (Lipinski definition) is 2. The Hall–Kier alpha value is -1.00. The molecule has 1 aromatic carbocycles. The zero-order valence-electron chi connectivity index (χ0n) is 7.00. The SMILES string of the molecule is NCCC(O)c1ccc(F)cc1F. The van der Waals surface area contributed by atoms with E-state index in [1.165, 1.54) is 6.07 Å². The van der Waals surface area contributed by atoms with Crippen molar-refractivity contribution in [1.82, 2.24) is 0 Å². The molecule has 72 valence electrons. The molecule has 0 radical (unpaired) electrons. The molecule has 13 heavy (non-hydrogen) atoms. The van der Waals surface area contributed by atoms with Crippen LogP contribution in [0.25, 0.3) is 0 Å². The second-order valence-corrected chi connectivity index (χ2v) is 2.76. The molecule has 0 saturated heterocycles. The summed E-state index contributed by atoms with van der Waals surface area (Å²) < 4.78 is 25.4. The van der Waals surface area contributed by atoms with Gasteiger partial charge in [0.25, 0.3) is 0 Å². The van der Waals surface area contributed by atoms with Crippen LogP contribution in [0.1, 0.15) is 18.1 Å². The number of rotatable bonds is 3. The fraction of sp³-hybridized carbons (Fsp3) is 0.333. The van der Waals surface area contributed by atoms with Crippen LogP contribution in [0, 0.1) is 11.6 Å². The molecular weight excluding hydrogens is 176 g/mol. The van der Waals surface area contributed by atoms with Crippen molar-refractivity contribution in [3.05, 3.63) is 35.4 Å². The van der Waals surface area contributed by atoms with Crippen LogP contribution in [-0.2, 0) is 0 Å². The van der Waals surface area contributed by atoms with Gasteiger partial charge in [-0.1, -0.05) is 6.07 Å². The summed E-state index contributed by atoms with van der Waals surface area (Å²) in [5.41, 5.74) is 5.28. The number of halogens is 2. The molecule has 1 unspecified atom stereocenters. The number of aliphatic hydroxyl groups excluding tert-OH is 1. The Kier molecular flexibility index (Phi) is 3.33. The predicted octanol–water partition coefficient (Wildman–Crippen LogP) is 1.35. The highest BCUT2D eigenvalue weighted by Crippen LogP contribution is 2.19. The fourth-order valence-electron chi connectivity index (χ4n) is 1.09. The second kappa shape index (κ2) is 4.30. The van der Waals surface area contributed by atoms with Gasteiger partial charge in [0, 0.05) is 11.6 Å². The molecule has 1 rings (SSSR count). The molecule has 0 heterocycles. The quantitative estimate of drug-likeness (QED) is 0.750. The summed E-state index contributed by atoms with van der Waals surface area (Å²) in [5, 5.41) is 9.35. The smallest absolute Gasteiger partial charge is 0.131 e. The van der Waals surface area contributed by atoms with E-state index in [1.807, 2.05) is 0 Å². The van der Waals surface area contributed by atoms with E-state index in [1.54, 1.807) is 0 Å². The van der Waals surface area contributed by atoms with E-state index >= 15 is 0 Å². The lowest BCUT2D eigenvalue weighted by Crippen LogP contribution is -2.08. The Morgan fingerprint density at radius 3 is 2.62 bits per heavy atom. The molecule has 0 aliphatic carbocycles. The summed E-state index contributed by atoms with van der Waals surface area (Å²) in [4.78, 5) is 0. The Morgan fingerprint density at radius 1 is 1.38 bits per heavy atom. The topological polar surface area (TPSA) is 46.2 Å².